The third kappa shape index (κ3) is 2.99. The fourth-order valence-corrected chi connectivity index (χ4v) is 4.47. The Labute approximate surface area is 167 Å². The first-order chi connectivity index (χ1) is 13.6. The summed E-state index contributed by atoms with van der Waals surface area (Å²) in [4.78, 5) is 25.7. The molecule has 5 rings (SSSR count). The van der Waals surface area contributed by atoms with Gasteiger partial charge in [0, 0.05) is 30.8 Å². The van der Waals surface area contributed by atoms with Crippen molar-refractivity contribution in [2.45, 2.75) is 19.4 Å². The second-order valence-corrected chi connectivity index (χ2v) is 8.39. The number of hydrogen-bond donors (Lipinski definition) is 0. The molecule has 142 valence electrons. The van der Waals surface area contributed by atoms with Crippen molar-refractivity contribution in [2.75, 3.05) is 22.9 Å². The zero-order chi connectivity index (χ0) is 19.3. The SMILES string of the molecule is O=C1c2cn(-c3cnc(N4CCCC4)c(P)c3)nc2CN1c1cncc(P)c1. The average Bonchev–Trinajstić information content (AvgIpc) is 3.40. The van der Waals surface area contributed by atoms with Crippen molar-refractivity contribution in [2.24, 2.45) is 0 Å². The van der Waals surface area contributed by atoms with E-state index in [1.807, 2.05) is 12.3 Å². The first-order valence-corrected chi connectivity index (χ1v) is 10.4. The molecule has 0 N–H and O–H groups in total. The van der Waals surface area contributed by atoms with Crippen LogP contribution in [0, 0.1) is 0 Å². The van der Waals surface area contributed by atoms with Crippen molar-refractivity contribution >= 4 is 46.5 Å². The Morgan fingerprint density at radius 2 is 1.82 bits per heavy atom. The molecular formula is C19H20N6OP2. The Hall–Kier alpha value is -2.36. The second-order valence-electron chi connectivity index (χ2n) is 7.10. The Kier molecular flexibility index (Phi) is 4.37. The van der Waals surface area contributed by atoms with E-state index in [-0.39, 0.29) is 5.91 Å². The van der Waals surface area contributed by atoms with Crippen LogP contribution in [-0.4, -0.2) is 38.7 Å². The molecule has 0 radical (unpaired) electrons. The van der Waals surface area contributed by atoms with Gasteiger partial charge in [0.1, 0.15) is 5.82 Å². The molecule has 7 nitrogen and oxygen atoms in total. The average molecular weight is 410 g/mol. The van der Waals surface area contributed by atoms with Crippen LogP contribution < -0.4 is 20.4 Å². The number of carbonyl (C=O) groups is 1. The Bertz CT molecular complexity index is 1080. The highest BCUT2D eigenvalue weighted by atomic mass is 31.0. The number of pyridine rings is 2. The van der Waals surface area contributed by atoms with Gasteiger partial charge in [-0.2, -0.15) is 5.10 Å². The molecule has 1 saturated heterocycles. The Morgan fingerprint density at radius 1 is 1.00 bits per heavy atom. The van der Waals surface area contributed by atoms with Crippen LogP contribution in [0.2, 0.25) is 0 Å². The number of fused-ring (bicyclic) bond motifs is 1. The van der Waals surface area contributed by atoms with Crippen LogP contribution >= 0.6 is 18.5 Å². The van der Waals surface area contributed by atoms with E-state index in [1.54, 1.807) is 28.2 Å². The molecule has 2 atom stereocenters. The normalized spacial score (nSPS) is 16.1. The number of anilines is 2. The summed E-state index contributed by atoms with van der Waals surface area (Å²) in [5.74, 6) is 0.962. The molecule has 1 fully saturated rings. The molecule has 0 spiro atoms. The molecule has 2 aliphatic heterocycles. The molecule has 3 aromatic heterocycles. The van der Waals surface area contributed by atoms with Crippen LogP contribution in [-0.2, 0) is 6.54 Å². The summed E-state index contributed by atoms with van der Waals surface area (Å²) in [5, 5.41) is 6.63. The summed E-state index contributed by atoms with van der Waals surface area (Å²) in [7, 11) is 5.38. The van der Waals surface area contributed by atoms with E-state index in [2.05, 4.69) is 44.5 Å². The molecule has 5 heterocycles. The second kappa shape index (κ2) is 6.91. The third-order valence-corrected chi connectivity index (χ3v) is 5.92. The van der Waals surface area contributed by atoms with Crippen LogP contribution in [0.3, 0.4) is 0 Å². The van der Waals surface area contributed by atoms with Crippen molar-refractivity contribution < 1.29 is 4.79 Å². The van der Waals surface area contributed by atoms with Gasteiger partial charge in [-0.05, 0) is 30.3 Å². The van der Waals surface area contributed by atoms with Crippen LogP contribution in [0.4, 0.5) is 11.5 Å². The number of aromatic nitrogens is 4. The standard InChI is InChI=1S/C19H20N6OP2/c26-19-15-10-25(13-6-17(28)18(21-8-13)23-3-1-2-4-23)22-16(15)11-24(19)12-5-14(27)9-20-7-12/h5-10H,1-4,11,27-28H2. The van der Waals surface area contributed by atoms with Crippen LogP contribution in [0.1, 0.15) is 28.9 Å². The molecule has 0 saturated carbocycles. The highest BCUT2D eigenvalue weighted by molar-refractivity contribution is 7.28. The molecule has 3 aromatic rings. The summed E-state index contributed by atoms with van der Waals surface area (Å²) >= 11 is 0. The van der Waals surface area contributed by atoms with Gasteiger partial charge < -0.3 is 9.80 Å². The fraction of sp³-hybridized carbons (Fsp3) is 0.263. The maximum absolute atomic E-state index is 12.9. The van der Waals surface area contributed by atoms with Gasteiger partial charge in [0.15, 0.2) is 0 Å². The summed E-state index contributed by atoms with van der Waals surface area (Å²) in [6, 6.07) is 3.98. The van der Waals surface area contributed by atoms with Crippen LogP contribution in [0.5, 0.6) is 0 Å². The topological polar surface area (TPSA) is 67.2 Å². The Balaban J connectivity index is 1.42. The minimum Gasteiger partial charge on any atom is -0.356 e. The minimum atomic E-state index is -0.0496. The predicted molar refractivity (Wildman–Crippen MR) is 116 cm³/mol. The summed E-state index contributed by atoms with van der Waals surface area (Å²) in [6.07, 6.45) is 9.50. The maximum atomic E-state index is 12.9. The van der Waals surface area contributed by atoms with E-state index in [1.165, 1.54) is 12.8 Å². The highest BCUT2D eigenvalue weighted by Crippen LogP contribution is 2.28. The highest BCUT2D eigenvalue weighted by Gasteiger charge is 2.32. The lowest BCUT2D eigenvalue weighted by molar-refractivity contribution is 0.0996. The zero-order valence-corrected chi connectivity index (χ0v) is 17.6. The third-order valence-electron chi connectivity index (χ3n) is 5.18. The van der Waals surface area contributed by atoms with Gasteiger partial charge >= 0.3 is 0 Å². The summed E-state index contributed by atoms with van der Waals surface area (Å²) in [5.41, 5.74) is 3.04. The predicted octanol–water partition coefficient (Wildman–Crippen LogP) is 1.42. The van der Waals surface area contributed by atoms with Crippen LogP contribution in [0.15, 0.2) is 36.9 Å². The van der Waals surface area contributed by atoms with Crippen molar-refractivity contribution in [1.29, 1.82) is 0 Å². The lowest BCUT2D eigenvalue weighted by Gasteiger charge is -2.19. The van der Waals surface area contributed by atoms with E-state index in [0.717, 1.165) is 46.6 Å². The number of nitrogens with zero attached hydrogens (tertiary/aromatic N) is 6. The molecule has 2 aliphatic rings. The summed E-state index contributed by atoms with van der Waals surface area (Å²) < 4.78 is 1.75. The number of carbonyl (C=O) groups excluding carboxylic acids is 1. The Morgan fingerprint density at radius 3 is 2.54 bits per heavy atom. The minimum absolute atomic E-state index is 0.0496. The van der Waals surface area contributed by atoms with E-state index in [0.29, 0.717) is 12.1 Å². The zero-order valence-electron chi connectivity index (χ0n) is 15.2. The number of rotatable bonds is 3. The van der Waals surface area contributed by atoms with E-state index >= 15 is 0 Å². The van der Waals surface area contributed by atoms with Gasteiger partial charge in [0.25, 0.3) is 5.91 Å². The maximum Gasteiger partial charge on any atom is 0.262 e. The van der Waals surface area contributed by atoms with Gasteiger partial charge in [0.2, 0.25) is 0 Å². The molecule has 2 unspecified atom stereocenters. The quantitative estimate of drug-likeness (QED) is 0.611. The van der Waals surface area contributed by atoms with Gasteiger partial charge in [-0.1, -0.05) is 0 Å². The fourth-order valence-electron chi connectivity index (χ4n) is 3.79. The molecule has 1 amide bonds. The van der Waals surface area contributed by atoms with E-state index in [9.17, 15) is 4.79 Å². The van der Waals surface area contributed by atoms with Gasteiger partial charge in [-0.25, -0.2) is 9.67 Å². The van der Waals surface area contributed by atoms with Gasteiger partial charge in [0.05, 0.1) is 41.6 Å². The van der Waals surface area contributed by atoms with Crippen molar-refractivity contribution in [3.8, 4) is 5.69 Å². The van der Waals surface area contributed by atoms with E-state index in [4.69, 9.17) is 0 Å². The van der Waals surface area contributed by atoms with E-state index < -0.39 is 0 Å². The first-order valence-electron chi connectivity index (χ1n) is 9.22. The number of hydrogen-bond acceptors (Lipinski definition) is 5. The molecule has 0 aliphatic carbocycles. The molecule has 9 heteroatoms. The lowest BCUT2D eigenvalue weighted by atomic mass is 10.3. The molecular weight excluding hydrogens is 390 g/mol. The van der Waals surface area contributed by atoms with Crippen LogP contribution in [0.25, 0.3) is 5.69 Å². The summed E-state index contributed by atoms with van der Waals surface area (Å²) in [6.45, 7) is 2.56. The molecule has 0 aromatic carbocycles. The lowest BCUT2D eigenvalue weighted by Crippen LogP contribution is -2.25. The van der Waals surface area contributed by atoms with Crippen molar-refractivity contribution in [1.82, 2.24) is 19.7 Å². The largest absolute Gasteiger partial charge is 0.356 e. The number of amides is 1. The monoisotopic (exact) mass is 410 g/mol. The molecule has 0 bridgehead atoms. The van der Waals surface area contributed by atoms with Crippen molar-refractivity contribution in [3.63, 3.8) is 0 Å². The first kappa shape index (κ1) is 17.7. The van der Waals surface area contributed by atoms with Gasteiger partial charge in [-0.15, -0.1) is 18.5 Å². The smallest absolute Gasteiger partial charge is 0.262 e. The van der Waals surface area contributed by atoms with Gasteiger partial charge in [-0.3, -0.25) is 9.78 Å². The molecule has 28 heavy (non-hydrogen) atoms. The van der Waals surface area contributed by atoms with Crippen molar-refractivity contribution in [3.05, 3.63) is 48.2 Å².